The average Bonchev–Trinajstić information content (AvgIpc) is 3.38. The van der Waals surface area contributed by atoms with Gasteiger partial charge in [0.05, 0.1) is 41.7 Å². The molecule has 1 saturated carbocycles. The van der Waals surface area contributed by atoms with Gasteiger partial charge in [0.2, 0.25) is 11.7 Å². The molecule has 0 amide bonds. The summed E-state index contributed by atoms with van der Waals surface area (Å²) in [5.41, 5.74) is 4.40. The Balaban J connectivity index is 1.31. The van der Waals surface area contributed by atoms with E-state index < -0.39 is 5.54 Å². The van der Waals surface area contributed by atoms with Gasteiger partial charge in [-0.3, -0.25) is 15.0 Å². The molecule has 2 aliphatic rings. The number of pyridine rings is 1. The minimum Gasteiger partial charge on any atom is -0.356 e. The highest BCUT2D eigenvalue weighted by atomic mass is 19.1. The van der Waals surface area contributed by atoms with Crippen LogP contribution in [-0.2, 0) is 18.5 Å². The van der Waals surface area contributed by atoms with Crippen molar-refractivity contribution in [2.24, 2.45) is 5.92 Å². The van der Waals surface area contributed by atoms with Crippen LogP contribution >= 0.6 is 0 Å². The fourth-order valence-electron chi connectivity index (χ4n) is 5.87. The van der Waals surface area contributed by atoms with Gasteiger partial charge in [0.15, 0.2) is 5.54 Å². The number of fused-ring (bicyclic) bond motifs is 3. The molecule has 6 heterocycles. The number of aryl methyl sites for hydroxylation is 1. The molecule has 0 saturated heterocycles. The Bertz CT molecular complexity index is 1840. The van der Waals surface area contributed by atoms with Gasteiger partial charge in [0, 0.05) is 36.1 Å². The number of halogens is 1. The van der Waals surface area contributed by atoms with Gasteiger partial charge in [-0.2, -0.15) is 10.1 Å². The fourth-order valence-corrected chi connectivity index (χ4v) is 5.87. The predicted molar refractivity (Wildman–Crippen MR) is 144 cm³/mol. The fraction of sp³-hybridized carbons (Fsp3) is 0.276. The SMILES string of the molecule is Cc1nc([C@]2(c3cnn(CC4CC4)c3)N[C@@H](c3ncc(-c4ccc(F)cn4)[nH]3)Cc3c2[nH]c2ccccc32)no1. The molecule has 40 heavy (non-hydrogen) atoms. The summed E-state index contributed by atoms with van der Waals surface area (Å²) in [5.74, 6) is 2.00. The molecular formula is C29H26FN9O. The second kappa shape index (κ2) is 8.68. The highest BCUT2D eigenvalue weighted by molar-refractivity contribution is 5.86. The van der Waals surface area contributed by atoms with Gasteiger partial charge < -0.3 is 14.5 Å². The van der Waals surface area contributed by atoms with E-state index in [0.717, 1.165) is 40.1 Å². The van der Waals surface area contributed by atoms with Gasteiger partial charge in [0.25, 0.3) is 0 Å². The molecule has 1 aromatic carbocycles. The minimum absolute atomic E-state index is 0.244. The molecule has 0 radical (unpaired) electrons. The van der Waals surface area contributed by atoms with E-state index in [1.165, 1.54) is 25.1 Å². The number of aromatic amines is 2. The van der Waals surface area contributed by atoms with Crippen LogP contribution in [0.2, 0.25) is 0 Å². The number of nitrogens with one attached hydrogen (secondary N) is 3. The molecule has 8 rings (SSSR count). The molecule has 0 unspecified atom stereocenters. The third-order valence-electron chi connectivity index (χ3n) is 7.99. The summed E-state index contributed by atoms with van der Waals surface area (Å²) in [6.45, 7) is 2.68. The second-order valence-corrected chi connectivity index (χ2v) is 10.8. The largest absolute Gasteiger partial charge is 0.356 e. The molecule has 1 aliphatic heterocycles. The summed E-state index contributed by atoms with van der Waals surface area (Å²) in [6.07, 6.45) is 10.1. The van der Waals surface area contributed by atoms with Gasteiger partial charge in [-0.15, -0.1) is 0 Å². The van der Waals surface area contributed by atoms with Crippen molar-refractivity contribution >= 4 is 10.9 Å². The van der Waals surface area contributed by atoms with Crippen molar-refractivity contribution in [1.82, 2.24) is 45.2 Å². The molecule has 2 atom stereocenters. The number of nitrogens with zero attached hydrogens (tertiary/aromatic N) is 6. The normalized spacial score (nSPS) is 20.7. The van der Waals surface area contributed by atoms with E-state index in [1.807, 2.05) is 23.0 Å². The Kier molecular flexibility index (Phi) is 5.05. The van der Waals surface area contributed by atoms with Gasteiger partial charge in [-0.25, -0.2) is 9.37 Å². The molecule has 0 bridgehead atoms. The van der Waals surface area contributed by atoms with Crippen LogP contribution in [0.15, 0.2) is 65.7 Å². The van der Waals surface area contributed by atoms with Crippen molar-refractivity contribution < 1.29 is 8.91 Å². The zero-order valence-electron chi connectivity index (χ0n) is 21.7. The monoisotopic (exact) mass is 535 g/mol. The first-order valence-electron chi connectivity index (χ1n) is 13.4. The summed E-state index contributed by atoms with van der Waals surface area (Å²) in [4.78, 5) is 20.8. The van der Waals surface area contributed by atoms with E-state index >= 15 is 0 Å². The molecule has 1 aliphatic carbocycles. The third-order valence-corrected chi connectivity index (χ3v) is 7.99. The molecule has 10 nitrogen and oxygen atoms in total. The van der Waals surface area contributed by atoms with Crippen LogP contribution in [0.5, 0.6) is 0 Å². The van der Waals surface area contributed by atoms with Gasteiger partial charge in [-0.05, 0) is 48.9 Å². The van der Waals surface area contributed by atoms with Crippen molar-refractivity contribution in [2.75, 3.05) is 0 Å². The Labute approximate surface area is 228 Å². The quantitative estimate of drug-likeness (QED) is 0.285. The molecule has 200 valence electrons. The van der Waals surface area contributed by atoms with Crippen LogP contribution in [0.1, 0.15) is 53.2 Å². The average molecular weight is 536 g/mol. The summed E-state index contributed by atoms with van der Waals surface area (Å²) < 4.78 is 21.1. The van der Waals surface area contributed by atoms with Crippen LogP contribution in [0, 0.1) is 18.7 Å². The summed E-state index contributed by atoms with van der Waals surface area (Å²) in [7, 11) is 0. The van der Waals surface area contributed by atoms with Crippen LogP contribution in [0.4, 0.5) is 4.39 Å². The summed E-state index contributed by atoms with van der Waals surface area (Å²) in [5, 5.41) is 14.2. The molecule has 3 N–H and O–H groups in total. The zero-order chi connectivity index (χ0) is 26.8. The van der Waals surface area contributed by atoms with E-state index in [9.17, 15) is 4.39 Å². The standard InChI is InChI=1S/C29H26FN9O/c1-16-34-28(38-40-16)29(18-11-33-39(15-18)14-17-6-7-17)26-21(20-4-2-3-5-22(20)35-26)10-24(37-29)27-32-13-25(36-27)23-9-8-19(30)12-31-23/h2-5,8-9,11-13,15,17,24,35,37H,6-7,10,14H2,1H3,(H,32,36)/t24-,29-/m1/s1. The Hall–Kier alpha value is -4.64. The first-order valence-corrected chi connectivity index (χ1v) is 13.4. The number of aromatic nitrogens is 8. The van der Waals surface area contributed by atoms with Crippen LogP contribution in [-0.4, -0.2) is 39.9 Å². The molecule has 6 aromatic rings. The van der Waals surface area contributed by atoms with Crippen LogP contribution < -0.4 is 5.32 Å². The topological polar surface area (TPSA) is 126 Å². The summed E-state index contributed by atoms with van der Waals surface area (Å²) >= 11 is 0. The van der Waals surface area contributed by atoms with Crippen molar-refractivity contribution in [3.8, 4) is 11.4 Å². The second-order valence-electron chi connectivity index (χ2n) is 10.8. The van der Waals surface area contributed by atoms with E-state index in [0.29, 0.717) is 35.4 Å². The van der Waals surface area contributed by atoms with Gasteiger partial charge >= 0.3 is 0 Å². The van der Waals surface area contributed by atoms with Crippen molar-refractivity contribution in [1.29, 1.82) is 0 Å². The lowest BCUT2D eigenvalue weighted by Crippen LogP contribution is -2.51. The van der Waals surface area contributed by atoms with Crippen LogP contribution in [0.3, 0.4) is 0 Å². The molecular weight excluding hydrogens is 509 g/mol. The van der Waals surface area contributed by atoms with Gasteiger partial charge in [-0.1, -0.05) is 23.4 Å². The molecule has 5 aromatic heterocycles. The number of benzene rings is 1. The highest BCUT2D eigenvalue weighted by Gasteiger charge is 2.50. The van der Waals surface area contributed by atoms with E-state index in [4.69, 9.17) is 19.6 Å². The first-order chi connectivity index (χ1) is 19.6. The lowest BCUT2D eigenvalue weighted by molar-refractivity contribution is 0.317. The van der Waals surface area contributed by atoms with Gasteiger partial charge in [0.1, 0.15) is 11.6 Å². The summed E-state index contributed by atoms with van der Waals surface area (Å²) in [6, 6.07) is 11.1. The van der Waals surface area contributed by atoms with Crippen molar-refractivity contribution in [3.63, 3.8) is 0 Å². The molecule has 1 fully saturated rings. The number of hydrogen-bond donors (Lipinski definition) is 3. The van der Waals surface area contributed by atoms with E-state index in [1.54, 1.807) is 19.2 Å². The number of hydrogen-bond acceptors (Lipinski definition) is 7. The lowest BCUT2D eigenvalue weighted by atomic mass is 9.79. The predicted octanol–water partition coefficient (Wildman–Crippen LogP) is 4.57. The maximum Gasteiger partial charge on any atom is 0.223 e. The Morgan fingerprint density at radius 2 is 1.98 bits per heavy atom. The van der Waals surface area contributed by atoms with Crippen LogP contribution in [0.25, 0.3) is 22.3 Å². The minimum atomic E-state index is -0.974. The maximum atomic E-state index is 13.5. The molecule has 11 heteroatoms. The molecule has 0 spiro atoms. The smallest absolute Gasteiger partial charge is 0.223 e. The third kappa shape index (κ3) is 3.69. The van der Waals surface area contributed by atoms with E-state index in [-0.39, 0.29) is 11.9 Å². The van der Waals surface area contributed by atoms with E-state index in [2.05, 4.69) is 43.8 Å². The Morgan fingerprint density at radius 3 is 2.77 bits per heavy atom. The zero-order valence-corrected chi connectivity index (χ0v) is 21.7. The highest BCUT2D eigenvalue weighted by Crippen LogP contribution is 2.45. The number of rotatable bonds is 6. The Morgan fingerprint density at radius 1 is 1.07 bits per heavy atom. The van der Waals surface area contributed by atoms with Crippen molar-refractivity contribution in [2.45, 2.75) is 44.3 Å². The number of imidazole rings is 1. The first kappa shape index (κ1) is 23.3. The number of para-hydroxylation sites is 1. The van der Waals surface area contributed by atoms with Crippen molar-refractivity contribution in [3.05, 3.63) is 101 Å². The lowest BCUT2D eigenvalue weighted by Gasteiger charge is -2.39. The maximum absolute atomic E-state index is 13.5. The number of H-pyrrole nitrogens is 2.